The van der Waals surface area contributed by atoms with Crippen LogP contribution >= 0.6 is 0 Å². The Balaban J connectivity index is 2.03. The molecule has 1 aliphatic rings. The number of hydrogen-bond acceptors (Lipinski definition) is 4. The van der Waals surface area contributed by atoms with Gasteiger partial charge in [0, 0.05) is 6.54 Å². The molecule has 1 unspecified atom stereocenters. The van der Waals surface area contributed by atoms with Crippen LogP contribution in [-0.4, -0.2) is 30.5 Å². The van der Waals surface area contributed by atoms with E-state index in [0.717, 1.165) is 44.1 Å². The Morgan fingerprint density at radius 1 is 1.55 bits per heavy atom. The molecule has 1 aromatic rings. The molecule has 108 valence electrons. The van der Waals surface area contributed by atoms with Crippen LogP contribution in [0.15, 0.2) is 18.2 Å². The summed E-state index contributed by atoms with van der Waals surface area (Å²) in [5.41, 5.74) is -0.621. The van der Waals surface area contributed by atoms with Crippen molar-refractivity contribution in [3.63, 3.8) is 0 Å². The van der Waals surface area contributed by atoms with Gasteiger partial charge < -0.3 is 10.6 Å². The van der Waals surface area contributed by atoms with Crippen molar-refractivity contribution in [2.75, 3.05) is 19.6 Å². The van der Waals surface area contributed by atoms with Crippen LogP contribution in [0.3, 0.4) is 0 Å². The van der Waals surface area contributed by atoms with Crippen LogP contribution < -0.4 is 10.6 Å². The molecular formula is C13H16FN3O3. The summed E-state index contributed by atoms with van der Waals surface area (Å²) in [6.07, 6.45) is 2.07. The van der Waals surface area contributed by atoms with Crippen LogP contribution in [-0.2, 0) is 0 Å². The fourth-order valence-electron chi connectivity index (χ4n) is 2.28. The highest BCUT2D eigenvalue weighted by molar-refractivity contribution is 5.98. The van der Waals surface area contributed by atoms with Crippen LogP contribution in [0.2, 0.25) is 0 Å². The number of carbonyl (C=O) groups is 1. The lowest BCUT2D eigenvalue weighted by Crippen LogP contribution is -2.38. The summed E-state index contributed by atoms with van der Waals surface area (Å²) in [5, 5.41) is 16.7. The number of carbonyl (C=O) groups excluding carboxylic acids is 1. The summed E-state index contributed by atoms with van der Waals surface area (Å²) < 4.78 is 13.0. The number of nitrogens with zero attached hydrogens (tertiary/aromatic N) is 1. The number of halogens is 1. The topological polar surface area (TPSA) is 84.3 Å². The molecule has 7 heteroatoms. The number of rotatable bonds is 4. The summed E-state index contributed by atoms with van der Waals surface area (Å²) in [4.78, 5) is 22.0. The van der Waals surface area contributed by atoms with E-state index >= 15 is 0 Å². The number of hydrogen-bond donors (Lipinski definition) is 2. The summed E-state index contributed by atoms with van der Waals surface area (Å²) in [7, 11) is 0. The zero-order valence-corrected chi connectivity index (χ0v) is 10.9. The van der Waals surface area contributed by atoms with Crippen molar-refractivity contribution in [3.05, 3.63) is 39.7 Å². The third kappa shape index (κ3) is 3.51. The van der Waals surface area contributed by atoms with Gasteiger partial charge in [-0.05, 0) is 44.0 Å². The first-order valence-corrected chi connectivity index (χ1v) is 6.51. The standard InChI is InChI=1S/C13H16FN3O3/c14-10-3-4-11(12(6-10)17(19)20)13(18)16-8-9-2-1-5-15-7-9/h3-4,6,9,15H,1-2,5,7-8H2,(H,16,18). The summed E-state index contributed by atoms with van der Waals surface area (Å²) in [5.74, 6) is -0.945. The Bertz CT molecular complexity index is 516. The molecule has 0 aromatic heterocycles. The SMILES string of the molecule is O=C(NCC1CCCNC1)c1ccc(F)cc1[N+](=O)[O-]. The highest BCUT2D eigenvalue weighted by atomic mass is 19.1. The van der Waals surface area contributed by atoms with Crippen LogP contribution in [0, 0.1) is 21.8 Å². The summed E-state index contributed by atoms with van der Waals surface area (Å²) >= 11 is 0. The Kier molecular flexibility index (Phi) is 4.62. The van der Waals surface area contributed by atoms with Gasteiger partial charge in [-0.2, -0.15) is 0 Å². The van der Waals surface area contributed by atoms with Crippen LogP contribution in [0.1, 0.15) is 23.2 Å². The van der Waals surface area contributed by atoms with E-state index in [1.54, 1.807) is 0 Å². The first-order valence-electron chi connectivity index (χ1n) is 6.51. The molecule has 6 nitrogen and oxygen atoms in total. The molecular weight excluding hydrogens is 265 g/mol. The van der Waals surface area contributed by atoms with E-state index in [2.05, 4.69) is 10.6 Å². The van der Waals surface area contributed by atoms with Crippen LogP contribution in [0.5, 0.6) is 0 Å². The first-order chi connectivity index (χ1) is 9.58. The fraction of sp³-hybridized carbons (Fsp3) is 0.462. The molecule has 1 fully saturated rings. The molecule has 1 amide bonds. The third-order valence-electron chi connectivity index (χ3n) is 3.35. The number of piperidine rings is 1. The van der Waals surface area contributed by atoms with Gasteiger partial charge in [0.05, 0.1) is 11.0 Å². The Hall–Kier alpha value is -2.02. The van der Waals surface area contributed by atoms with E-state index in [1.165, 1.54) is 0 Å². The molecule has 20 heavy (non-hydrogen) atoms. The fourth-order valence-corrected chi connectivity index (χ4v) is 2.28. The molecule has 0 spiro atoms. The predicted molar refractivity (Wildman–Crippen MR) is 71.0 cm³/mol. The molecule has 0 aliphatic carbocycles. The lowest BCUT2D eigenvalue weighted by atomic mass is 9.99. The average Bonchev–Trinajstić information content (AvgIpc) is 2.45. The quantitative estimate of drug-likeness (QED) is 0.646. The van der Waals surface area contributed by atoms with Crippen molar-refractivity contribution in [1.82, 2.24) is 10.6 Å². The minimum Gasteiger partial charge on any atom is -0.351 e. The van der Waals surface area contributed by atoms with Gasteiger partial charge in [0.1, 0.15) is 11.4 Å². The number of nitro benzene ring substituents is 1. The van der Waals surface area contributed by atoms with Crippen molar-refractivity contribution in [1.29, 1.82) is 0 Å². The van der Waals surface area contributed by atoms with Crippen molar-refractivity contribution in [2.24, 2.45) is 5.92 Å². The third-order valence-corrected chi connectivity index (χ3v) is 3.35. The van der Waals surface area contributed by atoms with Crippen molar-refractivity contribution < 1.29 is 14.1 Å². The smallest absolute Gasteiger partial charge is 0.285 e. The molecule has 1 atom stereocenters. The maximum atomic E-state index is 13.0. The van der Waals surface area contributed by atoms with Gasteiger partial charge in [0.25, 0.3) is 11.6 Å². The van der Waals surface area contributed by atoms with Crippen molar-refractivity contribution in [2.45, 2.75) is 12.8 Å². The van der Waals surface area contributed by atoms with Crippen LogP contribution in [0.25, 0.3) is 0 Å². The summed E-state index contributed by atoms with van der Waals surface area (Å²) in [6.45, 7) is 2.26. The molecule has 1 aromatic carbocycles. The van der Waals surface area contributed by atoms with Gasteiger partial charge >= 0.3 is 0 Å². The lowest BCUT2D eigenvalue weighted by molar-refractivity contribution is -0.385. The predicted octanol–water partition coefficient (Wildman–Crippen LogP) is 1.46. The molecule has 0 radical (unpaired) electrons. The molecule has 0 bridgehead atoms. The monoisotopic (exact) mass is 281 g/mol. The van der Waals surface area contributed by atoms with Gasteiger partial charge in [-0.1, -0.05) is 0 Å². The minimum atomic E-state index is -0.750. The van der Waals surface area contributed by atoms with Gasteiger partial charge in [-0.25, -0.2) is 4.39 Å². The van der Waals surface area contributed by atoms with Gasteiger partial charge in [-0.3, -0.25) is 14.9 Å². The molecule has 1 saturated heterocycles. The first kappa shape index (κ1) is 14.4. The lowest BCUT2D eigenvalue weighted by Gasteiger charge is -2.22. The van der Waals surface area contributed by atoms with Crippen molar-refractivity contribution >= 4 is 11.6 Å². The van der Waals surface area contributed by atoms with E-state index < -0.39 is 22.3 Å². The Morgan fingerprint density at radius 2 is 2.35 bits per heavy atom. The second-order valence-corrected chi connectivity index (χ2v) is 4.84. The molecule has 0 saturated carbocycles. The van der Waals surface area contributed by atoms with E-state index in [0.29, 0.717) is 12.5 Å². The van der Waals surface area contributed by atoms with E-state index in [4.69, 9.17) is 0 Å². The number of amides is 1. The molecule has 2 N–H and O–H groups in total. The highest BCUT2D eigenvalue weighted by Crippen LogP contribution is 2.19. The van der Waals surface area contributed by atoms with E-state index in [-0.39, 0.29) is 5.56 Å². The second-order valence-electron chi connectivity index (χ2n) is 4.84. The zero-order valence-electron chi connectivity index (χ0n) is 10.9. The second kappa shape index (κ2) is 6.42. The maximum absolute atomic E-state index is 13.0. The van der Waals surface area contributed by atoms with Gasteiger partial charge in [0.15, 0.2) is 0 Å². The highest BCUT2D eigenvalue weighted by Gasteiger charge is 2.22. The van der Waals surface area contributed by atoms with Gasteiger partial charge in [-0.15, -0.1) is 0 Å². The minimum absolute atomic E-state index is 0.111. The average molecular weight is 281 g/mol. The van der Waals surface area contributed by atoms with E-state index in [9.17, 15) is 19.3 Å². The molecule has 2 rings (SSSR count). The summed E-state index contributed by atoms with van der Waals surface area (Å²) in [6, 6.07) is 2.95. The Labute approximate surface area is 115 Å². The van der Waals surface area contributed by atoms with E-state index in [1.807, 2.05) is 0 Å². The maximum Gasteiger partial charge on any atom is 0.285 e. The molecule has 1 heterocycles. The number of nitrogens with one attached hydrogen (secondary N) is 2. The van der Waals surface area contributed by atoms with Gasteiger partial charge in [0.2, 0.25) is 0 Å². The largest absolute Gasteiger partial charge is 0.351 e. The van der Waals surface area contributed by atoms with Crippen molar-refractivity contribution in [3.8, 4) is 0 Å². The zero-order chi connectivity index (χ0) is 14.5. The van der Waals surface area contributed by atoms with Crippen LogP contribution in [0.4, 0.5) is 10.1 Å². The molecule has 1 aliphatic heterocycles. The normalized spacial score (nSPS) is 18.6. The number of nitro groups is 1. The Morgan fingerprint density at radius 3 is 3.00 bits per heavy atom. The number of benzene rings is 1.